The van der Waals surface area contributed by atoms with Crippen molar-refractivity contribution >= 4 is 23.6 Å². The van der Waals surface area contributed by atoms with Crippen LogP contribution < -0.4 is 11.1 Å². The highest BCUT2D eigenvalue weighted by molar-refractivity contribution is 5.89. The standard InChI is InChI=1S/C19H21N9O/c1-2-4-14-15(24-11-28-19(14)26-18(27-28)16(22)29)9-13(6-7-20)25-17-12(10-21)5-3-8-23-17/h3,5,7-8,11,13,20H,2,4,6,9H2,1H3,(H2,22,29)(H,23,25). The number of anilines is 1. The van der Waals surface area contributed by atoms with E-state index >= 15 is 0 Å². The molecule has 0 aliphatic rings. The molecule has 0 aliphatic heterocycles. The van der Waals surface area contributed by atoms with E-state index in [1.165, 1.54) is 17.1 Å². The summed E-state index contributed by atoms with van der Waals surface area (Å²) in [7, 11) is 0. The van der Waals surface area contributed by atoms with Crippen molar-refractivity contribution in [3.63, 3.8) is 0 Å². The first kappa shape index (κ1) is 19.9. The molecule has 3 aromatic heterocycles. The van der Waals surface area contributed by atoms with Gasteiger partial charge in [0.15, 0.2) is 5.65 Å². The first-order valence-corrected chi connectivity index (χ1v) is 9.20. The van der Waals surface area contributed by atoms with Crippen molar-refractivity contribution in [1.29, 1.82) is 10.7 Å². The number of nitriles is 1. The maximum Gasteiger partial charge on any atom is 0.288 e. The quantitative estimate of drug-likeness (QED) is 0.466. The van der Waals surface area contributed by atoms with Gasteiger partial charge in [0.2, 0.25) is 5.82 Å². The normalized spacial score (nSPS) is 11.7. The summed E-state index contributed by atoms with van der Waals surface area (Å²) < 4.78 is 1.46. The fourth-order valence-corrected chi connectivity index (χ4v) is 3.10. The number of carbonyl (C=O) groups excluding carboxylic acids is 1. The smallest absolute Gasteiger partial charge is 0.288 e. The lowest BCUT2D eigenvalue weighted by molar-refractivity contribution is 0.0990. The molecule has 148 valence electrons. The van der Waals surface area contributed by atoms with E-state index in [0.29, 0.717) is 36.3 Å². The molecular formula is C19H21N9O. The number of fused-ring (bicyclic) bond motifs is 1. The lowest BCUT2D eigenvalue weighted by Gasteiger charge is -2.19. The zero-order chi connectivity index (χ0) is 20.8. The second kappa shape index (κ2) is 8.88. The van der Waals surface area contributed by atoms with Crippen LogP contribution in [0.25, 0.3) is 5.65 Å². The molecule has 1 unspecified atom stereocenters. The average Bonchev–Trinajstić information content (AvgIpc) is 3.15. The second-order valence-corrected chi connectivity index (χ2v) is 6.48. The summed E-state index contributed by atoms with van der Waals surface area (Å²) in [5.74, 6) is -0.277. The number of primary amides is 1. The topological polar surface area (TPSA) is 159 Å². The first-order valence-electron chi connectivity index (χ1n) is 9.20. The van der Waals surface area contributed by atoms with E-state index in [-0.39, 0.29) is 11.9 Å². The Hall–Kier alpha value is -3.87. The van der Waals surface area contributed by atoms with E-state index in [4.69, 9.17) is 11.1 Å². The number of pyridine rings is 1. The molecule has 1 amide bonds. The van der Waals surface area contributed by atoms with Gasteiger partial charge in [-0.3, -0.25) is 4.79 Å². The Bertz CT molecular complexity index is 1080. The molecule has 0 aliphatic carbocycles. The Labute approximate surface area is 167 Å². The molecule has 0 aromatic carbocycles. The molecule has 0 fully saturated rings. The highest BCUT2D eigenvalue weighted by atomic mass is 16.1. The van der Waals surface area contributed by atoms with Crippen molar-refractivity contribution in [2.24, 2.45) is 5.73 Å². The number of amides is 1. The van der Waals surface area contributed by atoms with Crippen LogP contribution in [0.1, 0.15) is 47.2 Å². The average molecular weight is 391 g/mol. The minimum absolute atomic E-state index is 0.0531. The minimum atomic E-state index is -0.694. The molecule has 29 heavy (non-hydrogen) atoms. The zero-order valence-corrected chi connectivity index (χ0v) is 16.0. The molecule has 10 heteroatoms. The number of nitrogens with zero attached hydrogens (tertiary/aromatic N) is 6. The fourth-order valence-electron chi connectivity index (χ4n) is 3.10. The summed E-state index contributed by atoms with van der Waals surface area (Å²) >= 11 is 0. The third kappa shape index (κ3) is 4.35. The second-order valence-electron chi connectivity index (χ2n) is 6.48. The van der Waals surface area contributed by atoms with Crippen LogP contribution in [0.5, 0.6) is 0 Å². The number of carbonyl (C=O) groups is 1. The van der Waals surface area contributed by atoms with Crippen LogP contribution >= 0.6 is 0 Å². The molecule has 3 rings (SSSR count). The van der Waals surface area contributed by atoms with Gasteiger partial charge in [0, 0.05) is 30.6 Å². The SMILES string of the molecule is CCCc1c(CC(CC=N)Nc2ncccc2C#N)ncn2nc(C(N)=O)nc12. The van der Waals surface area contributed by atoms with Gasteiger partial charge in [0.25, 0.3) is 5.91 Å². The van der Waals surface area contributed by atoms with Gasteiger partial charge in [-0.15, -0.1) is 5.10 Å². The number of nitrogens with one attached hydrogen (secondary N) is 2. The highest BCUT2D eigenvalue weighted by Gasteiger charge is 2.19. The van der Waals surface area contributed by atoms with Crippen LogP contribution in [0.3, 0.4) is 0 Å². The number of aryl methyl sites for hydroxylation is 1. The highest BCUT2D eigenvalue weighted by Crippen LogP contribution is 2.19. The third-order valence-corrected chi connectivity index (χ3v) is 4.40. The molecular weight excluding hydrogens is 370 g/mol. The maximum atomic E-state index is 11.4. The molecule has 0 saturated heterocycles. The van der Waals surface area contributed by atoms with Crippen LogP contribution in [0.4, 0.5) is 5.82 Å². The van der Waals surface area contributed by atoms with Gasteiger partial charge in [-0.05, 0) is 24.8 Å². The Morgan fingerprint density at radius 1 is 1.48 bits per heavy atom. The van der Waals surface area contributed by atoms with E-state index in [0.717, 1.165) is 17.7 Å². The molecule has 3 heterocycles. The number of hydrogen-bond donors (Lipinski definition) is 3. The number of aromatic nitrogens is 5. The largest absolute Gasteiger partial charge is 0.365 e. The molecule has 0 spiro atoms. The predicted octanol–water partition coefficient (Wildman–Crippen LogP) is 1.51. The Balaban J connectivity index is 1.96. The molecule has 3 aromatic rings. The Morgan fingerprint density at radius 2 is 2.31 bits per heavy atom. The monoisotopic (exact) mass is 391 g/mol. The molecule has 10 nitrogen and oxygen atoms in total. The van der Waals surface area contributed by atoms with Gasteiger partial charge in [-0.2, -0.15) is 5.26 Å². The van der Waals surface area contributed by atoms with Gasteiger partial charge in [0.05, 0.1) is 11.3 Å². The third-order valence-electron chi connectivity index (χ3n) is 4.40. The first-order chi connectivity index (χ1) is 14.1. The van der Waals surface area contributed by atoms with Crippen LogP contribution in [-0.4, -0.2) is 42.7 Å². The van der Waals surface area contributed by atoms with Crippen LogP contribution in [0.2, 0.25) is 0 Å². The van der Waals surface area contributed by atoms with Crippen molar-refractivity contribution in [3.8, 4) is 6.07 Å². The van der Waals surface area contributed by atoms with Crippen molar-refractivity contribution < 1.29 is 4.79 Å². The Kier molecular flexibility index (Phi) is 6.09. The van der Waals surface area contributed by atoms with Crippen molar-refractivity contribution in [2.45, 2.75) is 38.6 Å². The molecule has 4 N–H and O–H groups in total. The van der Waals surface area contributed by atoms with Crippen molar-refractivity contribution in [2.75, 3.05) is 5.32 Å². The van der Waals surface area contributed by atoms with Crippen LogP contribution in [0.15, 0.2) is 24.7 Å². The van der Waals surface area contributed by atoms with Crippen LogP contribution in [-0.2, 0) is 12.8 Å². The lowest BCUT2D eigenvalue weighted by atomic mass is 10.0. The molecule has 1 atom stereocenters. The van der Waals surface area contributed by atoms with Crippen LogP contribution in [0, 0.1) is 16.7 Å². The Morgan fingerprint density at radius 3 is 3.00 bits per heavy atom. The summed E-state index contributed by atoms with van der Waals surface area (Å²) in [6.45, 7) is 2.04. The molecule has 0 bridgehead atoms. The van der Waals surface area contributed by atoms with Gasteiger partial charge in [-0.1, -0.05) is 13.3 Å². The summed E-state index contributed by atoms with van der Waals surface area (Å²) in [5, 5.41) is 24.1. The number of hydrogen-bond acceptors (Lipinski definition) is 8. The summed E-state index contributed by atoms with van der Waals surface area (Å²) in [5.41, 5.74) is 7.96. The summed E-state index contributed by atoms with van der Waals surface area (Å²) in [6, 6.07) is 5.30. The fraction of sp³-hybridized carbons (Fsp3) is 0.316. The lowest BCUT2D eigenvalue weighted by Crippen LogP contribution is -2.25. The van der Waals surface area contributed by atoms with E-state index in [1.807, 2.05) is 6.92 Å². The van der Waals surface area contributed by atoms with Gasteiger partial charge >= 0.3 is 0 Å². The van der Waals surface area contributed by atoms with E-state index < -0.39 is 5.91 Å². The summed E-state index contributed by atoms with van der Waals surface area (Å²) in [6.07, 6.45) is 6.90. The summed E-state index contributed by atoms with van der Waals surface area (Å²) in [4.78, 5) is 24.5. The van der Waals surface area contributed by atoms with Gasteiger partial charge < -0.3 is 16.5 Å². The minimum Gasteiger partial charge on any atom is -0.365 e. The maximum absolute atomic E-state index is 11.4. The van der Waals surface area contributed by atoms with Crippen molar-refractivity contribution in [3.05, 3.63) is 47.3 Å². The van der Waals surface area contributed by atoms with E-state index in [1.54, 1.807) is 18.3 Å². The van der Waals surface area contributed by atoms with Gasteiger partial charge in [-0.25, -0.2) is 19.5 Å². The van der Waals surface area contributed by atoms with E-state index in [2.05, 4.69) is 31.4 Å². The number of nitrogens with two attached hydrogens (primary N) is 1. The molecule has 0 radical (unpaired) electrons. The van der Waals surface area contributed by atoms with Crippen molar-refractivity contribution in [1.82, 2.24) is 24.6 Å². The predicted molar refractivity (Wildman–Crippen MR) is 107 cm³/mol. The molecule has 0 saturated carbocycles. The van der Waals surface area contributed by atoms with Gasteiger partial charge in [0.1, 0.15) is 18.2 Å². The number of rotatable bonds is 9. The van der Waals surface area contributed by atoms with E-state index in [9.17, 15) is 10.1 Å². The zero-order valence-electron chi connectivity index (χ0n) is 16.0.